The van der Waals surface area contributed by atoms with Crippen molar-refractivity contribution in [1.29, 1.82) is 0 Å². The maximum atomic E-state index is 13.5. The molecule has 1 N–H and O–H groups in total. The molecule has 3 fully saturated rings. The maximum absolute atomic E-state index is 13.5. The molecule has 3 aliphatic heterocycles. The molecule has 4 heterocycles. The summed E-state index contributed by atoms with van der Waals surface area (Å²) in [6.45, 7) is 5.02. The zero-order valence-electron chi connectivity index (χ0n) is 15.8. The van der Waals surface area contributed by atoms with Crippen LogP contribution in [0.2, 0.25) is 0 Å². The number of aromatic nitrogens is 2. The highest BCUT2D eigenvalue weighted by Crippen LogP contribution is 2.40. The van der Waals surface area contributed by atoms with Gasteiger partial charge in [-0.05, 0) is 38.7 Å². The number of hydrogen-bond donors (Lipinski definition) is 1. The summed E-state index contributed by atoms with van der Waals surface area (Å²) in [5, 5.41) is 7.23. The van der Waals surface area contributed by atoms with E-state index in [2.05, 4.69) is 10.4 Å². The Labute approximate surface area is 158 Å². The summed E-state index contributed by atoms with van der Waals surface area (Å²) >= 11 is 0. The molecule has 1 aromatic heterocycles. The smallest absolute Gasteiger partial charge is 0.272 e. The van der Waals surface area contributed by atoms with Crippen molar-refractivity contribution < 1.29 is 14.4 Å². The van der Waals surface area contributed by atoms with Crippen LogP contribution in [0, 0.1) is 5.41 Å². The fourth-order valence-corrected chi connectivity index (χ4v) is 4.82. The number of amides is 3. The lowest BCUT2D eigenvalue weighted by atomic mass is 9.69. The van der Waals surface area contributed by atoms with E-state index in [1.54, 1.807) is 21.8 Å². The van der Waals surface area contributed by atoms with Crippen molar-refractivity contribution in [3.63, 3.8) is 0 Å². The first-order chi connectivity index (χ1) is 13.0. The lowest BCUT2D eigenvalue weighted by molar-refractivity contribution is -0.151. The zero-order chi connectivity index (χ0) is 19.0. The van der Waals surface area contributed by atoms with Gasteiger partial charge in [-0.1, -0.05) is 0 Å². The van der Waals surface area contributed by atoms with Crippen molar-refractivity contribution in [2.45, 2.75) is 51.6 Å². The number of carbonyl (C=O) groups excluding carboxylic acids is 3. The first kappa shape index (κ1) is 18.0. The average molecular weight is 373 g/mol. The molecular formula is C19H27N5O3. The number of nitrogens with zero attached hydrogens (tertiary/aromatic N) is 4. The molecule has 27 heavy (non-hydrogen) atoms. The molecule has 4 rings (SSSR count). The van der Waals surface area contributed by atoms with Crippen molar-refractivity contribution in [3.8, 4) is 0 Å². The van der Waals surface area contributed by atoms with E-state index >= 15 is 0 Å². The molecule has 0 bridgehead atoms. The van der Waals surface area contributed by atoms with Crippen LogP contribution in [0.5, 0.6) is 0 Å². The van der Waals surface area contributed by atoms with Gasteiger partial charge in [0.25, 0.3) is 5.91 Å². The van der Waals surface area contributed by atoms with Crippen LogP contribution in [0.25, 0.3) is 0 Å². The highest BCUT2D eigenvalue weighted by molar-refractivity contribution is 5.94. The largest absolute Gasteiger partial charge is 0.352 e. The summed E-state index contributed by atoms with van der Waals surface area (Å²) in [5.74, 6) is 0.0264. The number of piperidine rings is 2. The van der Waals surface area contributed by atoms with Gasteiger partial charge < -0.3 is 15.1 Å². The van der Waals surface area contributed by atoms with E-state index in [-0.39, 0.29) is 23.8 Å². The van der Waals surface area contributed by atoms with Crippen molar-refractivity contribution in [1.82, 2.24) is 24.9 Å². The Morgan fingerprint density at radius 1 is 1.26 bits per heavy atom. The summed E-state index contributed by atoms with van der Waals surface area (Å²) in [7, 11) is 0. The van der Waals surface area contributed by atoms with Gasteiger partial charge in [0.1, 0.15) is 5.69 Å². The predicted octanol–water partition coefficient (Wildman–Crippen LogP) is 0.636. The molecule has 3 amide bonds. The number of nitrogens with one attached hydrogen (secondary N) is 1. The van der Waals surface area contributed by atoms with Gasteiger partial charge in [-0.2, -0.15) is 5.10 Å². The van der Waals surface area contributed by atoms with Crippen LogP contribution in [-0.2, 0) is 16.1 Å². The van der Waals surface area contributed by atoms with Gasteiger partial charge in [-0.3, -0.25) is 19.1 Å². The Bertz CT molecular complexity index is 754. The molecule has 0 aromatic carbocycles. The minimum Gasteiger partial charge on any atom is -0.352 e. The van der Waals surface area contributed by atoms with Crippen LogP contribution in [0.1, 0.15) is 49.5 Å². The Morgan fingerprint density at radius 3 is 2.78 bits per heavy atom. The molecule has 1 aromatic rings. The number of aryl methyl sites for hydroxylation is 1. The van der Waals surface area contributed by atoms with Crippen molar-refractivity contribution in [2.24, 2.45) is 5.41 Å². The molecule has 8 nitrogen and oxygen atoms in total. The van der Waals surface area contributed by atoms with Gasteiger partial charge in [0.05, 0.1) is 5.41 Å². The van der Waals surface area contributed by atoms with Gasteiger partial charge in [-0.15, -0.1) is 0 Å². The van der Waals surface area contributed by atoms with Crippen molar-refractivity contribution in [3.05, 3.63) is 18.0 Å². The molecule has 8 heteroatoms. The maximum Gasteiger partial charge on any atom is 0.272 e. The Kier molecular flexibility index (Phi) is 4.65. The lowest BCUT2D eigenvalue weighted by Crippen LogP contribution is -2.67. The van der Waals surface area contributed by atoms with Crippen LogP contribution < -0.4 is 5.32 Å². The number of rotatable bonds is 3. The third-order valence-corrected chi connectivity index (χ3v) is 6.30. The van der Waals surface area contributed by atoms with Gasteiger partial charge in [-0.25, -0.2) is 0 Å². The summed E-state index contributed by atoms with van der Waals surface area (Å²) in [4.78, 5) is 42.2. The van der Waals surface area contributed by atoms with Gasteiger partial charge in [0, 0.05) is 51.4 Å². The van der Waals surface area contributed by atoms with Crippen LogP contribution in [0.15, 0.2) is 12.3 Å². The molecule has 0 spiro atoms. The van der Waals surface area contributed by atoms with Crippen LogP contribution in [0.4, 0.5) is 0 Å². The lowest BCUT2D eigenvalue weighted by Gasteiger charge is -2.50. The molecule has 3 aliphatic rings. The van der Waals surface area contributed by atoms with E-state index < -0.39 is 5.41 Å². The number of likely N-dealkylation sites (tertiary alicyclic amines) is 2. The van der Waals surface area contributed by atoms with E-state index in [4.69, 9.17) is 0 Å². The second-order valence-corrected chi connectivity index (χ2v) is 7.82. The first-order valence-corrected chi connectivity index (χ1v) is 9.95. The fourth-order valence-electron chi connectivity index (χ4n) is 4.82. The SMILES string of the molecule is CCn1nccc1C(=O)N1CC[C@H]2NC(=O)CC[C@]2(C(=O)N2CCCC2)C1. The average Bonchev–Trinajstić information content (AvgIpc) is 3.38. The van der Waals surface area contributed by atoms with E-state index in [9.17, 15) is 14.4 Å². The zero-order valence-corrected chi connectivity index (χ0v) is 15.8. The standard InChI is InChI=1S/C19H27N5O3/c1-2-24-14(6-9-20-24)17(26)23-12-7-15-19(13-23,8-5-16(25)21-15)18(27)22-10-3-4-11-22/h6,9,15H,2-5,7-8,10-13H2,1H3,(H,21,25)/t15-,19+/m1/s1. The third kappa shape index (κ3) is 3.00. The van der Waals surface area contributed by atoms with E-state index in [0.717, 1.165) is 25.9 Å². The molecule has 0 saturated carbocycles. The van der Waals surface area contributed by atoms with Gasteiger partial charge in [0.15, 0.2) is 0 Å². The highest BCUT2D eigenvalue weighted by atomic mass is 16.2. The van der Waals surface area contributed by atoms with E-state index in [1.165, 1.54) is 0 Å². The molecule has 146 valence electrons. The molecule has 0 radical (unpaired) electrons. The van der Waals surface area contributed by atoms with Gasteiger partial charge >= 0.3 is 0 Å². The minimum atomic E-state index is -0.705. The third-order valence-electron chi connectivity index (χ3n) is 6.30. The highest BCUT2D eigenvalue weighted by Gasteiger charge is 2.54. The topological polar surface area (TPSA) is 87.5 Å². The van der Waals surface area contributed by atoms with Crippen LogP contribution in [0.3, 0.4) is 0 Å². The number of carbonyl (C=O) groups is 3. The summed E-state index contributed by atoms with van der Waals surface area (Å²) in [6.07, 6.45) is 5.14. The molecular weight excluding hydrogens is 346 g/mol. The van der Waals surface area contributed by atoms with Crippen molar-refractivity contribution in [2.75, 3.05) is 26.2 Å². The Morgan fingerprint density at radius 2 is 2.04 bits per heavy atom. The van der Waals surface area contributed by atoms with Crippen LogP contribution in [-0.4, -0.2) is 69.5 Å². The van der Waals surface area contributed by atoms with E-state index in [0.29, 0.717) is 44.6 Å². The second kappa shape index (κ2) is 6.98. The number of hydrogen-bond acceptors (Lipinski definition) is 4. The molecule has 2 atom stereocenters. The molecule has 0 aliphatic carbocycles. The predicted molar refractivity (Wildman–Crippen MR) is 97.8 cm³/mol. The summed E-state index contributed by atoms with van der Waals surface area (Å²) < 4.78 is 1.69. The Balaban J connectivity index is 1.62. The Hall–Kier alpha value is -2.38. The van der Waals surface area contributed by atoms with E-state index in [1.807, 2.05) is 11.8 Å². The number of fused-ring (bicyclic) bond motifs is 1. The summed E-state index contributed by atoms with van der Waals surface area (Å²) in [6, 6.07) is 1.54. The van der Waals surface area contributed by atoms with Crippen molar-refractivity contribution >= 4 is 17.7 Å². The quantitative estimate of drug-likeness (QED) is 0.842. The summed E-state index contributed by atoms with van der Waals surface area (Å²) in [5.41, 5.74) is -0.150. The second-order valence-electron chi connectivity index (χ2n) is 7.82. The normalized spacial score (nSPS) is 28.0. The minimum absolute atomic E-state index is 0.00804. The first-order valence-electron chi connectivity index (χ1n) is 9.95. The monoisotopic (exact) mass is 373 g/mol. The van der Waals surface area contributed by atoms with Crippen LogP contribution >= 0.6 is 0 Å². The molecule has 0 unspecified atom stereocenters. The van der Waals surface area contributed by atoms with Gasteiger partial charge in [0.2, 0.25) is 11.8 Å². The molecule has 3 saturated heterocycles. The fraction of sp³-hybridized carbons (Fsp3) is 0.684.